The zero-order valence-corrected chi connectivity index (χ0v) is 13.5. The summed E-state index contributed by atoms with van der Waals surface area (Å²) in [4.78, 5) is 14.7. The van der Waals surface area contributed by atoms with E-state index >= 15 is 0 Å². The molecular formula is C16H21N5O2. The molecule has 7 heteroatoms. The molecular weight excluding hydrogens is 294 g/mol. The number of piperidine rings is 1. The molecule has 0 spiro atoms. The molecule has 1 atom stereocenters. The second-order valence-corrected chi connectivity index (χ2v) is 5.82. The fourth-order valence-corrected chi connectivity index (χ4v) is 2.93. The van der Waals surface area contributed by atoms with Crippen molar-refractivity contribution in [3.63, 3.8) is 0 Å². The zero-order valence-electron chi connectivity index (χ0n) is 13.5. The number of likely N-dealkylation sites (N-methyl/N-ethyl adjacent to an activating group) is 1. The summed E-state index contributed by atoms with van der Waals surface area (Å²) in [5.74, 6) is -0.265. The number of hydrogen-bond acceptors (Lipinski definition) is 6. The van der Waals surface area contributed by atoms with E-state index < -0.39 is 0 Å². The van der Waals surface area contributed by atoms with E-state index in [0.717, 1.165) is 43.7 Å². The Morgan fingerprint density at radius 3 is 3.00 bits per heavy atom. The number of rotatable bonds is 4. The van der Waals surface area contributed by atoms with E-state index in [1.54, 1.807) is 10.7 Å². The first-order valence-electron chi connectivity index (χ1n) is 7.94. The van der Waals surface area contributed by atoms with E-state index in [1.165, 1.54) is 6.33 Å². The average molecular weight is 315 g/mol. The Balaban J connectivity index is 1.69. The number of esters is 1. The summed E-state index contributed by atoms with van der Waals surface area (Å²) in [6.45, 7) is 6.96. The molecule has 0 N–H and O–H groups in total. The lowest BCUT2D eigenvalue weighted by molar-refractivity contribution is 0.00773. The number of nitrogens with zero attached hydrogens (tertiary/aromatic N) is 5. The van der Waals surface area contributed by atoms with Crippen LogP contribution in [0.15, 0.2) is 24.5 Å². The highest BCUT2D eigenvalue weighted by atomic mass is 16.5. The van der Waals surface area contributed by atoms with Gasteiger partial charge in [-0.1, -0.05) is 6.92 Å². The molecule has 7 nitrogen and oxygen atoms in total. The molecule has 2 heterocycles. The Hall–Kier alpha value is -2.28. The molecule has 0 bridgehead atoms. The maximum atomic E-state index is 12.4. The summed E-state index contributed by atoms with van der Waals surface area (Å²) in [7, 11) is 0. The third-order valence-electron chi connectivity index (χ3n) is 4.21. The van der Waals surface area contributed by atoms with Gasteiger partial charge < -0.3 is 4.74 Å². The van der Waals surface area contributed by atoms with Gasteiger partial charge in [0.25, 0.3) is 0 Å². The molecule has 1 aromatic heterocycles. The number of benzene rings is 1. The van der Waals surface area contributed by atoms with Crippen molar-refractivity contribution in [1.29, 1.82) is 0 Å². The van der Waals surface area contributed by atoms with Crippen LogP contribution in [0.3, 0.4) is 0 Å². The number of carbonyl (C=O) groups excluding carboxylic acids is 1. The Morgan fingerprint density at radius 2 is 2.30 bits per heavy atom. The predicted octanol–water partition coefficient (Wildman–Crippen LogP) is 1.61. The Kier molecular flexibility index (Phi) is 4.66. The summed E-state index contributed by atoms with van der Waals surface area (Å²) in [6, 6.07) is 5.41. The van der Waals surface area contributed by atoms with E-state index in [4.69, 9.17) is 4.74 Å². The molecule has 1 fully saturated rings. The lowest BCUT2D eigenvalue weighted by atomic mass is 10.1. The van der Waals surface area contributed by atoms with E-state index in [9.17, 15) is 4.79 Å². The van der Waals surface area contributed by atoms with Gasteiger partial charge in [0, 0.05) is 6.54 Å². The van der Waals surface area contributed by atoms with Gasteiger partial charge in [0.15, 0.2) is 0 Å². The molecule has 1 aliphatic heterocycles. The van der Waals surface area contributed by atoms with Crippen LogP contribution in [-0.4, -0.2) is 56.8 Å². The van der Waals surface area contributed by atoms with Crippen molar-refractivity contribution in [2.75, 3.05) is 19.6 Å². The monoisotopic (exact) mass is 315 g/mol. The van der Waals surface area contributed by atoms with Gasteiger partial charge >= 0.3 is 5.97 Å². The molecule has 2 aromatic rings. The number of hydrogen-bond donors (Lipinski definition) is 0. The molecule has 23 heavy (non-hydrogen) atoms. The number of aromatic nitrogens is 4. The van der Waals surface area contributed by atoms with Crippen LogP contribution in [-0.2, 0) is 4.74 Å². The van der Waals surface area contributed by atoms with Gasteiger partial charge in [0.05, 0.1) is 11.3 Å². The lowest BCUT2D eigenvalue weighted by Crippen LogP contribution is -2.40. The van der Waals surface area contributed by atoms with Gasteiger partial charge in [-0.15, -0.1) is 5.10 Å². The molecule has 1 saturated heterocycles. The molecule has 0 aliphatic carbocycles. The van der Waals surface area contributed by atoms with Crippen molar-refractivity contribution in [3.8, 4) is 5.69 Å². The second-order valence-electron chi connectivity index (χ2n) is 5.82. The van der Waals surface area contributed by atoms with Crippen molar-refractivity contribution in [2.45, 2.75) is 32.8 Å². The Morgan fingerprint density at radius 1 is 1.43 bits per heavy atom. The van der Waals surface area contributed by atoms with E-state index in [-0.39, 0.29) is 12.1 Å². The summed E-state index contributed by atoms with van der Waals surface area (Å²) < 4.78 is 7.24. The van der Waals surface area contributed by atoms with Crippen molar-refractivity contribution in [2.24, 2.45) is 0 Å². The summed E-state index contributed by atoms with van der Waals surface area (Å²) in [5.41, 5.74) is 2.33. The molecule has 0 saturated carbocycles. The van der Waals surface area contributed by atoms with Gasteiger partial charge in [-0.25, -0.2) is 9.48 Å². The van der Waals surface area contributed by atoms with Crippen LogP contribution in [0.5, 0.6) is 0 Å². The van der Waals surface area contributed by atoms with Crippen molar-refractivity contribution < 1.29 is 9.53 Å². The normalized spacial score (nSPS) is 18.8. The van der Waals surface area contributed by atoms with E-state index in [2.05, 4.69) is 27.3 Å². The number of tetrazole rings is 1. The molecule has 1 aliphatic rings. The zero-order chi connectivity index (χ0) is 16.2. The smallest absolute Gasteiger partial charge is 0.338 e. The van der Waals surface area contributed by atoms with Crippen molar-refractivity contribution in [1.82, 2.24) is 25.1 Å². The molecule has 122 valence electrons. The van der Waals surface area contributed by atoms with Crippen LogP contribution in [0, 0.1) is 6.92 Å². The van der Waals surface area contributed by atoms with Gasteiger partial charge in [-0.3, -0.25) is 4.90 Å². The summed E-state index contributed by atoms with van der Waals surface area (Å²) in [6.07, 6.45) is 3.52. The number of likely N-dealkylation sites (tertiary alicyclic amines) is 1. The first-order chi connectivity index (χ1) is 11.2. The Bertz CT molecular complexity index is 671. The first-order valence-corrected chi connectivity index (χ1v) is 7.94. The van der Waals surface area contributed by atoms with Crippen LogP contribution < -0.4 is 0 Å². The molecule has 0 radical (unpaired) electrons. The van der Waals surface area contributed by atoms with Gasteiger partial charge in [0.2, 0.25) is 0 Å². The molecule has 3 rings (SSSR count). The van der Waals surface area contributed by atoms with Crippen LogP contribution in [0.4, 0.5) is 0 Å². The van der Waals surface area contributed by atoms with E-state index in [0.29, 0.717) is 5.56 Å². The minimum atomic E-state index is -0.265. The van der Waals surface area contributed by atoms with Gasteiger partial charge in [-0.2, -0.15) is 0 Å². The minimum absolute atomic E-state index is 0.0179. The largest absolute Gasteiger partial charge is 0.457 e. The number of carbonyl (C=O) groups is 1. The average Bonchev–Trinajstić information content (AvgIpc) is 3.09. The standard InChI is InChI=1S/C16H21N5O2/c1-3-20-8-4-5-14(10-20)23-16(22)13-6-7-15(12(2)9-13)21-11-17-18-19-21/h6-7,9,11,14H,3-5,8,10H2,1-2H3. The quantitative estimate of drug-likeness (QED) is 0.798. The van der Waals surface area contributed by atoms with Gasteiger partial charge in [0.1, 0.15) is 12.4 Å². The Labute approximate surface area is 135 Å². The first kappa shape index (κ1) is 15.6. The summed E-state index contributed by atoms with van der Waals surface area (Å²) >= 11 is 0. The minimum Gasteiger partial charge on any atom is -0.457 e. The maximum absolute atomic E-state index is 12.4. The summed E-state index contributed by atoms with van der Waals surface area (Å²) in [5, 5.41) is 11.1. The number of ether oxygens (including phenoxy) is 1. The second kappa shape index (κ2) is 6.87. The molecule has 0 amide bonds. The lowest BCUT2D eigenvalue weighted by Gasteiger charge is -2.31. The van der Waals surface area contributed by atoms with E-state index in [1.807, 2.05) is 19.1 Å². The van der Waals surface area contributed by atoms with Crippen LogP contribution in [0.2, 0.25) is 0 Å². The van der Waals surface area contributed by atoms with Crippen molar-refractivity contribution >= 4 is 5.97 Å². The fourth-order valence-electron chi connectivity index (χ4n) is 2.93. The highest BCUT2D eigenvalue weighted by Crippen LogP contribution is 2.18. The highest BCUT2D eigenvalue weighted by molar-refractivity contribution is 5.90. The van der Waals surface area contributed by atoms with Crippen LogP contribution >= 0.6 is 0 Å². The third-order valence-corrected chi connectivity index (χ3v) is 4.21. The molecule has 1 unspecified atom stereocenters. The number of aryl methyl sites for hydroxylation is 1. The SMILES string of the molecule is CCN1CCCC(OC(=O)c2ccc(-n3cnnn3)c(C)c2)C1. The predicted molar refractivity (Wildman–Crippen MR) is 84.4 cm³/mol. The topological polar surface area (TPSA) is 73.1 Å². The fraction of sp³-hybridized carbons (Fsp3) is 0.500. The third kappa shape index (κ3) is 3.56. The highest BCUT2D eigenvalue weighted by Gasteiger charge is 2.23. The molecule has 1 aromatic carbocycles. The maximum Gasteiger partial charge on any atom is 0.338 e. The van der Waals surface area contributed by atoms with Crippen LogP contribution in [0.1, 0.15) is 35.7 Å². The van der Waals surface area contributed by atoms with Crippen LogP contribution in [0.25, 0.3) is 5.69 Å². The van der Waals surface area contributed by atoms with Crippen molar-refractivity contribution in [3.05, 3.63) is 35.7 Å². The van der Waals surface area contributed by atoms with Gasteiger partial charge in [-0.05, 0) is 67.0 Å².